The minimum atomic E-state index is 0.312. The van der Waals surface area contributed by atoms with E-state index in [0.29, 0.717) is 6.04 Å². The highest BCUT2D eigenvalue weighted by atomic mass is 14.6. The Balaban J connectivity index is 2.43. The summed E-state index contributed by atoms with van der Waals surface area (Å²) in [7, 11) is 5.64. The Morgan fingerprint density at radius 1 is 1.27 bits per heavy atom. The molecule has 2 rings (SSSR count). The SMILES string of the molecule is [B]c1ccc2c(c1)CC(N)C2. The van der Waals surface area contributed by atoms with Gasteiger partial charge in [-0.05, 0) is 24.0 Å². The molecule has 2 heteroatoms. The van der Waals surface area contributed by atoms with Crippen molar-refractivity contribution in [3.8, 4) is 0 Å². The van der Waals surface area contributed by atoms with Gasteiger partial charge in [0.25, 0.3) is 0 Å². The number of fused-ring (bicyclic) bond motifs is 1. The van der Waals surface area contributed by atoms with Gasteiger partial charge in [-0.3, -0.25) is 0 Å². The molecule has 0 bridgehead atoms. The van der Waals surface area contributed by atoms with Crippen molar-refractivity contribution in [1.29, 1.82) is 0 Å². The molecule has 2 N–H and O–H groups in total. The largest absolute Gasteiger partial charge is 0.327 e. The van der Waals surface area contributed by atoms with E-state index < -0.39 is 0 Å². The number of hydrogen-bond donors (Lipinski definition) is 1. The zero-order chi connectivity index (χ0) is 7.84. The second-order valence-corrected chi connectivity index (χ2v) is 3.20. The highest BCUT2D eigenvalue weighted by molar-refractivity contribution is 6.32. The quantitative estimate of drug-likeness (QED) is 0.504. The van der Waals surface area contributed by atoms with Crippen molar-refractivity contribution in [2.24, 2.45) is 5.73 Å². The normalized spacial score (nSPS) is 21.7. The Morgan fingerprint density at radius 2 is 2.00 bits per heavy atom. The molecule has 0 amide bonds. The molecule has 0 saturated carbocycles. The van der Waals surface area contributed by atoms with Gasteiger partial charge < -0.3 is 5.73 Å². The number of benzene rings is 1. The lowest BCUT2D eigenvalue weighted by Gasteiger charge is -1.98. The van der Waals surface area contributed by atoms with E-state index in [2.05, 4.69) is 6.07 Å². The first-order chi connectivity index (χ1) is 5.25. The fourth-order valence-corrected chi connectivity index (χ4v) is 1.67. The van der Waals surface area contributed by atoms with Gasteiger partial charge >= 0.3 is 0 Å². The lowest BCUT2D eigenvalue weighted by molar-refractivity contribution is 0.721. The van der Waals surface area contributed by atoms with Gasteiger partial charge in [-0.1, -0.05) is 23.7 Å². The maximum Gasteiger partial charge on any atom is 0.113 e. The lowest BCUT2D eigenvalue weighted by atomic mass is 9.93. The molecule has 1 aliphatic carbocycles. The van der Waals surface area contributed by atoms with E-state index in [1.165, 1.54) is 11.1 Å². The van der Waals surface area contributed by atoms with Crippen LogP contribution in [0.3, 0.4) is 0 Å². The third kappa shape index (κ3) is 1.18. The summed E-state index contributed by atoms with van der Waals surface area (Å²) >= 11 is 0. The predicted octanol–water partition coefficient (Wildman–Crippen LogP) is -0.0937. The molecule has 0 fully saturated rings. The molecular weight excluding hydrogens is 133 g/mol. The van der Waals surface area contributed by atoms with Crippen molar-refractivity contribution < 1.29 is 0 Å². The molecule has 1 unspecified atom stereocenters. The van der Waals surface area contributed by atoms with E-state index >= 15 is 0 Å². The maximum absolute atomic E-state index is 5.79. The molecule has 1 nitrogen and oxygen atoms in total. The first-order valence-corrected chi connectivity index (χ1v) is 3.88. The number of nitrogens with two attached hydrogens (primary N) is 1. The molecule has 0 spiro atoms. The molecule has 54 valence electrons. The van der Waals surface area contributed by atoms with Crippen molar-refractivity contribution in [2.75, 3.05) is 0 Å². The van der Waals surface area contributed by atoms with E-state index in [1.807, 2.05) is 12.1 Å². The van der Waals surface area contributed by atoms with Crippen molar-refractivity contribution in [3.63, 3.8) is 0 Å². The highest BCUT2D eigenvalue weighted by Crippen LogP contribution is 2.18. The zero-order valence-corrected chi connectivity index (χ0v) is 6.38. The van der Waals surface area contributed by atoms with Gasteiger partial charge in [0.05, 0.1) is 0 Å². The van der Waals surface area contributed by atoms with Gasteiger partial charge in [-0.25, -0.2) is 0 Å². The Labute approximate surface area is 68.0 Å². The second-order valence-electron chi connectivity index (χ2n) is 3.20. The zero-order valence-electron chi connectivity index (χ0n) is 6.38. The average molecular weight is 143 g/mol. The minimum absolute atomic E-state index is 0.312. The molecule has 0 heterocycles. The van der Waals surface area contributed by atoms with Crippen molar-refractivity contribution in [1.82, 2.24) is 0 Å². The van der Waals surface area contributed by atoms with Gasteiger partial charge in [-0.2, -0.15) is 0 Å². The van der Waals surface area contributed by atoms with Crippen LogP contribution < -0.4 is 11.2 Å². The van der Waals surface area contributed by atoms with Crippen LogP contribution in [0.4, 0.5) is 0 Å². The lowest BCUT2D eigenvalue weighted by Crippen LogP contribution is -2.19. The Bertz CT molecular complexity index is 283. The maximum atomic E-state index is 5.79. The monoisotopic (exact) mass is 143 g/mol. The van der Waals surface area contributed by atoms with Crippen molar-refractivity contribution >= 4 is 13.3 Å². The summed E-state index contributed by atoms with van der Waals surface area (Å²) in [5.74, 6) is 0. The molecule has 0 aliphatic heterocycles. The second kappa shape index (κ2) is 2.38. The number of hydrogen-bond acceptors (Lipinski definition) is 1. The van der Waals surface area contributed by atoms with Crippen LogP contribution in [-0.4, -0.2) is 13.9 Å². The summed E-state index contributed by atoms with van der Waals surface area (Å²) < 4.78 is 0. The Kier molecular flexibility index (Phi) is 1.50. The van der Waals surface area contributed by atoms with Crippen molar-refractivity contribution in [3.05, 3.63) is 29.3 Å². The van der Waals surface area contributed by atoms with E-state index in [9.17, 15) is 0 Å². The summed E-state index contributed by atoms with van der Waals surface area (Å²) in [6.07, 6.45) is 2.00. The van der Waals surface area contributed by atoms with E-state index in [0.717, 1.165) is 18.3 Å². The number of rotatable bonds is 0. The van der Waals surface area contributed by atoms with Gasteiger partial charge in [0.2, 0.25) is 0 Å². The van der Waals surface area contributed by atoms with Gasteiger partial charge in [0.15, 0.2) is 0 Å². The molecule has 2 radical (unpaired) electrons. The summed E-state index contributed by atoms with van der Waals surface area (Å²) in [4.78, 5) is 0. The van der Waals surface area contributed by atoms with Crippen LogP contribution in [0.25, 0.3) is 0 Å². The van der Waals surface area contributed by atoms with Crippen LogP contribution >= 0.6 is 0 Å². The van der Waals surface area contributed by atoms with Crippen LogP contribution in [0.5, 0.6) is 0 Å². The van der Waals surface area contributed by atoms with Gasteiger partial charge in [0.1, 0.15) is 7.85 Å². The molecule has 1 aromatic rings. The predicted molar refractivity (Wildman–Crippen MR) is 47.2 cm³/mol. The van der Waals surface area contributed by atoms with E-state index in [1.54, 1.807) is 0 Å². The fraction of sp³-hybridized carbons (Fsp3) is 0.333. The first-order valence-electron chi connectivity index (χ1n) is 3.88. The summed E-state index contributed by atoms with van der Waals surface area (Å²) in [5, 5.41) is 0. The minimum Gasteiger partial charge on any atom is -0.327 e. The third-order valence-electron chi connectivity index (χ3n) is 2.19. The van der Waals surface area contributed by atoms with Crippen LogP contribution in [0.15, 0.2) is 18.2 Å². The summed E-state index contributed by atoms with van der Waals surface area (Å²) in [5.41, 5.74) is 9.34. The Morgan fingerprint density at radius 3 is 2.82 bits per heavy atom. The first kappa shape index (κ1) is 6.92. The van der Waals surface area contributed by atoms with Gasteiger partial charge in [-0.15, -0.1) is 0 Å². The van der Waals surface area contributed by atoms with Crippen LogP contribution in [0, 0.1) is 0 Å². The molecule has 0 aromatic heterocycles. The van der Waals surface area contributed by atoms with E-state index in [-0.39, 0.29) is 0 Å². The summed E-state index contributed by atoms with van der Waals surface area (Å²) in [6.45, 7) is 0. The molecule has 1 aliphatic rings. The molecule has 0 saturated heterocycles. The fourth-order valence-electron chi connectivity index (χ4n) is 1.67. The third-order valence-corrected chi connectivity index (χ3v) is 2.19. The molecular formula is C9H10BN. The van der Waals surface area contributed by atoms with Crippen LogP contribution in [-0.2, 0) is 12.8 Å². The molecule has 11 heavy (non-hydrogen) atoms. The van der Waals surface area contributed by atoms with Crippen LogP contribution in [0.2, 0.25) is 0 Å². The molecule has 1 atom stereocenters. The Hall–Kier alpha value is -0.755. The standard InChI is InChI=1S/C9H10BN/c10-8-2-1-6-4-9(11)5-7(6)3-8/h1-3,9H,4-5,11H2. The topological polar surface area (TPSA) is 26.0 Å². The van der Waals surface area contributed by atoms with E-state index in [4.69, 9.17) is 13.6 Å². The van der Waals surface area contributed by atoms with Crippen molar-refractivity contribution in [2.45, 2.75) is 18.9 Å². The molecule has 1 aromatic carbocycles. The van der Waals surface area contributed by atoms with Crippen LogP contribution in [0.1, 0.15) is 11.1 Å². The summed E-state index contributed by atoms with van der Waals surface area (Å²) in [6, 6.07) is 6.36. The highest BCUT2D eigenvalue weighted by Gasteiger charge is 2.16. The van der Waals surface area contributed by atoms with Gasteiger partial charge in [0, 0.05) is 6.04 Å². The smallest absolute Gasteiger partial charge is 0.113 e. The average Bonchev–Trinajstić information content (AvgIpc) is 2.27.